The molecule has 3 aromatic rings. The Bertz CT molecular complexity index is 968. The molecule has 0 spiro atoms. The summed E-state index contributed by atoms with van der Waals surface area (Å²) < 4.78 is 5.10. The van der Waals surface area contributed by atoms with Crippen LogP contribution in [-0.2, 0) is 16.0 Å². The Morgan fingerprint density at radius 3 is 2.37 bits per heavy atom. The van der Waals surface area contributed by atoms with Gasteiger partial charge in [0.05, 0.1) is 7.11 Å². The van der Waals surface area contributed by atoms with Crippen LogP contribution in [0.2, 0.25) is 0 Å². The van der Waals surface area contributed by atoms with E-state index >= 15 is 0 Å². The molecule has 0 radical (unpaired) electrons. The van der Waals surface area contributed by atoms with Crippen LogP contribution in [0.4, 0.5) is 5.69 Å². The maximum Gasteiger partial charge on any atom is 0.313 e. The van der Waals surface area contributed by atoms with Gasteiger partial charge < -0.3 is 20.5 Å². The van der Waals surface area contributed by atoms with Crippen molar-refractivity contribution < 1.29 is 19.4 Å². The van der Waals surface area contributed by atoms with Crippen molar-refractivity contribution in [2.75, 3.05) is 19.0 Å². The fourth-order valence-corrected chi connectivity index (χ4v) is 2.77. The van der Waals surface area contributed by atoms with Crippen molar-refractivity contribution in [3.63, 3.8) is 0 Å². The molecule has 0 saturated carbocycles. The number of fused-ring (bicyclic) bond motifs is 1. The van der Waals surface area contributed by atoms with Gasteiger partial charge in [-0.25, -0.2) is 0 Å². The summed E-state index contributed by atoms with van der Waals surface area (Å²) in [7, 11) is 1.60. The van der Waals surface area contributed by atoms with Gasteiger partial charge in [-0.15, -0.1) is 0 Å². The Morgan fingerprint density at radius 1 is 0.926 bits per heavy atom. The lowest BCUT2D eigenvalue weighted by Crippen LogP contribution is -2.36. The SMILES string of the molecule is COc1ccc(CCNC(=O)C(=O)Nc2cccc3c(O)cccc23)cc1. The molecule has 0 atom stereocenters. The fourth-order valence-electron chi connectivity index (χ4n) is 2.77. The molecule has 0 aliphatic rings. The van der Waals surface area contributed by atoms with Crippen LogP contribution in [0.25, 0.3) is 10.8 Å². The number of nitrogens with one attached hydrogen (secondary N) is 2. The molecule has 3 rings (SSSR count). The molecule has 0 aliphatic carbocycles. The first-order valence-corrected chi connectivity index (χ1v) is 8.51. The molecule has 138 valence electrons. The van der Waals surface area contributed by atoms with E-state index < -0.39 is 11.8 Å². The lowest BCUT2D eigenvalue weighted by atomic mass is 10.1. The first-order valence-electron chi connectivity index (χ1n) is 8.51. The molecule has 0 aromatic heterocycles. The van der Waals surface area contributed by atoms with Crippen molar-refractivity contribution >= 4 is 28.3 Å². The van der Waals surface area contributed by atoms with Crippen LogP contribution >= 0.6 is 0 Å². The highest BCUT2D eigenvalue weighted by molar-refractivity contribution is 6.40. The van der Waals surface area contributed by atoms with Crippen molar-refractivity contribution in [2.45, 2.75) is 6.42 Å². The summed E-state index contributed by atoms with van der Waals surface area (Å²) in [5, 5.41) is 16.4. The van der Waals surface area contributed by atoms with Crippen LogP contribution in [0.1, 0.15) is 5.56 Å². The number of anilines is 1. The van der Waals surface area contributed by atoms with Crippen molar-refractivity contribution in [1.29, 1.82) is 0 Å². The number of phenolic OH excluding ortho intramolecular Hbond substituents is 1. The van der Waals surface area contributed by atoms with E-state index in [4.69, 9.17) is 4.74 Å². The second kappa shape index (κ2) is 8.23. The van der Waals surface area contributed by atoms with Crippen molar-refractivity contribution in [2.24, 2.45) is 0 Å². The molecule has 0 fully saturated rings. The number of carbonyl (C=O) groups excluding carboxylic acids is 2. The number of rotatable bonds is 5. The maximum absolute atomic E-state index is 12.2. The number of hydrogen-bond donors (Lipinski definition) is 3. The minimum atomic E-state index is -0.749. The zero-order chi connectivity index (χ0) is 19.2. The Labute approximate surface area is 156 Å². The van der Waals surface area contributed by atoms with Gasteiger partial charge in [0.25, 0.3) is 0 Å². The number of carbonyl (C=O) groups is 2. The number of amides is 2. The molecule has 0 heterocycles. The van der Waals surface area contributed by atoms with E-state index in [1.54, 1.807) is 43.5 Å². The van der Waals surface area contributed by atoms with Crippen LogP contribution in [0, 0.1) is 0 Å². The molecule has 0 unspecified atom stereocenters. The van der Waals surface area contributed by atoms with Crippen LogP contribution in [0.5, 0.6) is 11.5 Å². The minimum absolute atomic E-state index is 0.118. The Morgan fingerprint density at radius 2 is 1.63 bits per heavy atom. The number of aromatic hydroxyl groups is 1. The molecule has 3 N–H and O–H groups in total. The zero-order valence-corrected chi connectivity index (χ0v) is 14.9. The van der Waals surface area contributed by atoms with E-state index in [9.17, 15) is 14.7 Å². The highest BCUT2D eigenvalue weighted by atomic mass is 16.5. The summed E-state index contributed by atoms with van der Waals surface area (Å²) in [5.41, 5.74) is 1.50. The van der Waals surface area contributed by atoms with Crippen molar-refractivity contribution in [1.82, 2.24) is 5.32 Å². The summed E-state index contributed by atoms with van der Waals surface area (Å²) in [5.74, 6) is -0.572. The Kier molecular flexibility index (Phi) is 5.56. The summed E-state index contributed by atoms with van der Waals surface area (Å²) in [6.07, 6.45) is 0.602. The summed E-state index contributed by atoms with van der Waals surface area (Å²) in [6, 6.07) is 17.7. The van der Waals surface area contributed by atoms with Crippen LogP contribution in [0.3, 0.4) is 0 Å². The number of phenols is 1. The molecule has 2 amide bonds. The molecule has 0 aliphatic heterocycles. The van der Waals surface area contributed by atoms with E-state index in [-0.39, 0.29) is 5.75 Å². The minimum Gasteiger partial charge on any atom is -0.507 e. The average molecular weight is 364 g/mol. The number of methoxy groups -OCH3 is 1. The van der Waals surface area contributed by atoms with Gasteiger partial charge in [-0.2, -0.15) is 0 Å². The fraction of sp³-hybridized carbons (Fsp3) is 0.143. The number of ether oxygens (including phenoxy) is 1. The third kappa shape index (κ3) is 4.36. The molecule has 0 bridgehead atoms. The summed E-state index contributed by atoms with van der Waals surface area (Å²) >= 11 is 0. The van der Waals surface area contributed by atoms with Crippen molar-refractivity contribution in [3.8, 4) is 11.5 Å². The van der Waals surface area contributed by atoms with Gasteiger partial charge in [-0.05, 0) is 36.2 Å². The topological polar surface area (TPSA) is 87.7 Å². The smallest absolute Gasteiger partial charge is 0.313 e. The highest BCUT2D eigenvalue weighted by Gasteiger charge is 2.15. The second-order valence-corrected chi connectivity index (χ2v) is 5.99. The third-order valence-corrected chi connectivity index (χ3v) is 4.21. The second-order valence-electron chi connectivity index (χ2n) is 5.99. The summed E-state index contributed by atoms with van der Waals surface area (Å²) in [6.45, 7) is 0.342. The largest absolute Gasteiger partial charge is 0.507 e. The lowest BCUT2D eigenvalue weighted by molar-refractivity contribution is -0.136. The third-order valence-electron chi connectivity index (χ3n) is 4.21. The van der Waals surface area contributed by atoms with E-state index in [0.717, 1.165) is 11.3 Å². The normalized spacial score (nSPS) is 10.4. The van der Waals surface area contributed by atoms with Gasteiger partial charge in [-0.3, -0.25) is 9.59 Å². The number of benzene rings is 3. The average Bonchev–Trinajstić information content (AvgIpc) is 2.69. The van der Waals surface area contributed by atoms with Gasteiger partial charge in [0.1, 0.15) is 11.5 Å². The standard InChI is InChI=1S/C21H20N2O4/c1-27-15-10-8-14(9-11-15)12-13-22-20(25)21(26)23-18-6-2-5-17-16(18)4-3-7-19(17)24/h2-11,24H,12-13H2,1H3,(H,22,25)(H,23,26). The van der Waals surface area contributed by atoms with Gasteiger partial charge >= 0.3 is 11.8 Å². The molecular formula is C21H20N2O4. The van der Waals surface area contributed by atoms with E-state index in [1.807, 2.05) is 24.3 Å². The lowest BCUT2D eigenvalue weighted by Gasteiger charge is -2.10. The highest BCUT2D eigenvalue weighted by Crippen LogP contribution is 2.29. The van der Waals surface area contributed by atoms with Crippen molar-refractivity contribution in [3.05, 3.63) is 66.2 Å². The molecule has 0 saturated heterocycles. The van der Waals surface area contributed by atoms with Gasteiger partial charge in [-0.1, -0.05) is 36.4 Å². The maximum atomic E-state index is 12.2. The molecule has 3 aromatic carbocycles. The van der Waals surface area contributed by atoms with Gasteiger partial charge in [0.2, 0.25) is 0 Å². The Hall–Kier alpha value is -3.54. The Balaban J connectivity index is 1.58. The number of hydrogen-bond acceptors (Lipinski definition) is 4. The van der Waals surface area contributed by atoms with E-state index in [0.29, 0.717) is 29.4 Å². The molecule has 27 heavy (non-hydrogen) atoms. The van der Waals surface area contributed by atoms with Crippen LogP contribution in [0.15, 0.2) is 60.7 Å². The van der Waals surface area contributed by atoms with E-state index in [2.05, 4.69) is 10.6 Å². The quantitative estimate of drug-likeness (QED) is 0.608. The van der Waals surface area contributed by atoms with Crippen LogP contribution < -0.4 is 15.4 Å². The zero-order valence-electron chi connectivity index (χ0n) is 14.9. The first kappa shape index (κ1) is 18.3. The predicted octanol–water partition coefficient (Wildman–Crippen LogP) is 2.85. The van der Waals surface area contributed by atoms with Gasteiger partial charge in [0.15, 0.2) is 0 Å². The predicted molar refractivity (Wildman–Crippen MR) is 104 cm³/mol. The first-order chi connectivity index (χ1) is 13.1. The molecule has 6 nitrogen and oxygen atoms in total. The molecule has 6 heteroatoms. The van der Waals surface area contributed by atoms with E-state index in [1.165, 1.54) is 0 Å². The van der Waals surface area contributed by atoms with Gasteiger partial charge in [0, 0.05) is 23.0 Å². The monoisotopic (exact) mass is 364 g/mol. The summed E-state index contributed by atoms with van der Waals surface area (Å²) in [4.78, 5) is 24.2. The molecular weight excluding hydrogens is 344 g/mol. The van der Waals surface area contributed by atoms with Crippen LogP contribution in [-0.4, -0.2) is 30.6 Å².